The number of carboxylic acids is 1. The van der Waals surface area contributed by atoms with Crippen LogP contribution in [0.5, 0.6) is 0 Å². The fraction of sp³-hybridized carbons (Fsp3) is 0.500. The van der Waals surface area contributed by atoms with E-state index in [9.17, 15) is 9.90 Å². The van der Waals surface area contributed by atoms with Gasteiger partial charge < -0.3 is 14.6 Å². The van der Waals surface area contributed by atoms with E-state index in [2.05, 4.69) is 0 Å². The monoisotopic (exact) mass is 250 g/mol. The number of carboxylic acid groups (broad SMARTS) is 1. The Morgan fingerprint density at radius 1 is 1.39 bits per heavy atom. The molecule has 1 saturated heterocycles. The second-order valence-electron chi connectivity index (χ2n) is 4.45. The van der Waals surface area contributed by atoms with E-state index in [1.807, 2.05) is 30.3 Å². The van der Waals surface area contributed by atoms with Gasteiger partial charge in [0.25, 0.3) is 0 Å². The number of aliphatic carboxylic acids is 1. The molecule has 0 radical (unpaired) electrons. The number of rotatable bonds is 5. The maximum absolute atomic E-state index is 11.2. The zero-order valence-corrected chi connectivity index (χ0v) is 10.2. The maximum Gasteiger partial charge on any atom is 0.333 e. The van der Waals surface area contributed by atoms with Crippen LogP contribution in [0.1, 0.15) is 24.8 Å². The molecular weight excluding hydrogens is 232 g/mol. The first kappa shape index (κ1) is 13.1. The lowest BCUT2D eigenvalue weighted by Gasteiger charge is -2.26. The third-order valence-corrected chi connectivity index (χ3v) is 2.99. The van der Waals surface area contributed by atoms with E-state index >= 15 is 0 Å². The topological polar surface area (TPSA) is 55.8 Å². The van der Waals surface area contributed by atoms with Crippen molar-refractivity contribution in [3.8, 4) is 0 Å². The molecule has 1 aliphatic heterocycles. The highest BCUT2D eigenvalue weighted by Gasteiger charge is 2.25. The molecule has 1 unspecified atom stereocenters. The average molecular weight is 250 g/mol. The van der Waals surface area contributed by atoms with E-state index in [-0.39, 0.29) is 6.29 Å². The van der Waals surface area contributed by atoms with Crippen molar-refractivity contribution in [2.75, 3.05) is 6.61 Å². The van der Waals surface area contributed by atoms with Crippen LogP contribution in [0.15, 0.2) is 30.3 Å². The summed E-state index contributed by atoms with van der Waals surface area (Å²) in [6, 6.07) is 9.50. The molecule has 2 rings (SSSR count). The van der Waals surface area contributed by atoms with Crippen molar-refractivity contribution >= 4 is 5.97 Å². The Hall–Kier alpha value is -1.39. The molecule has 1 heterocycles. The first-order valence-electron chi connectivity index (χ1n) is 6.29. The van der Waals surface area contributed by atoms with E-state index in [1.165, 1.54) is 0 Å². The molecule has 0 aromatic heterocycles. The summed E-state index contributed by atoms with van der Waals surface area (Å²) in [6.45, 7) is 0.655. The molecule has 1 aliphatic rings. The molecule has 0 saturated carbocycles. The third-order valence-electron chi connectivity index (χ3n) is 2.99. The van der Waals surface area contributed by atoms with Crippen LogP contribution in [0, 0.1) is 0 Å². The van der Waals surface area contributed by atoms with Crippen molar-refractivity contribution in [2.45, 2.75) is 38.1 Å². The summed E-state index contributed by atoms with van der Waals surface area (Å²) in [4.78, 5) is 11.2. The van der Waals surface area contributed by atoms with Gasteiger partial charge >= 0.3 is 5.97 Å². The highest BCUT2D eigenvalue weighted by Crippen LogP contribution is 2.17. The fourth-order valence-corrected chi connectivity index (χ4v) is 2.02. The number of ether oxygens (including phenoxy) is 2. The Bertz CT molecular complexity index is 371. The Kier molecular flexibility index (Phi) is 4.73. The summed E-state index contributed by atoms with van der Waals surface area (Å²) in [5, 5.41) is 9.18. The van der Waals surface area contributed by atoms with Gasteiger partial charge in [0.05, 0.1) is 0 Å². The molecule has 2 atom stereocenters. The van der Waals surface area contributed by atoms with Gasteiger partial charge in [-0.1, -0.05) is 30.3 Å². The molecule has 98 valence electrons. The average Bonchev–Trinajstić information content (AvgIpc) is 2.40. The second kappa shape index (κ2) is 6.52. The van der Waals surface area contributed by atoms with Crippen LogP contribution < -0.4 is 0 Å². The zero-order chi connectivity index (χ0) is 12.8. The van der Waals surface area contributed by atoms with Crippen molar-refractivity contribution in [3.05, 3.63) is 35.9 Å². The third kappa shape index (κ3) is 3.82. The highest BCUT2D eigenvalue weighted by atomic mass is 16.7. The van der Waals surface area contributed by atoms with E-state index < -0.39 is 12.1 Å². The fourth-order valence-electron chi connectivity index (χ4n) is 2.02. The summed E-state index contributed by atoms with van der Waals surface area (Å²) in [5.41, 5.74) is 0.959. The van der Waals surface area contributed by atoms with Crippen LogP contribution in [0.2, 0.25) is 0 Å². The lowest BCUT2D eigenvalue weighted by atomic mass is 10.1. The Morgan fingerprint density at radius 3 is 2.78 bits per heavy atom. The first-order chi connectivity index (χ1) is 8.75. The van der Waals surface area contributed by atoms with Gasteiger partial charge in [0.15, 0.2) is 12.4 Å². The summed E-state index contributed by atoms with van der Waals surface area (Å²) in [5.74, 6) is -0.937. The number of benzene rings is 1. The van der Waals surface area contributed by atoms with Gasteiger partial charge in [0.1, 0.15) is 0 Å². The molecule has 1 aromatic carbocycles. The van der Waals surface area contributed by atoms with Crippen LogP contribution in [0.3, 0.4) is 0 Å². The van der Waals surface area contributed by atoms with Crippen molar-refractivity contribution in [1.82, 2.24) is 0 Å². The molecule has 1 aromatic rings. The van der Waals surface area contributed by atoms with Crippen LogP contribution >= 0.6 is 0 Å². The predicted molar refractivity (Wildman–Crippen MR) is 66.2 cm³/mol. The van der Waals surface area contributed by atoms with E-state index in [4.69, 9.17) is 9.47 Å². The van der Waals surface area contributed by atoms with Crippen molar-refractivity contribution in [1.29, 1.82) is 0 Å². The molecule has 1 fully saturated rings. The van der Waals surface area contributed by atoms with Crippen LogP contribution in [0.25, 0.3) is 0 Å². The molecule has 0 amide bonds. The molecule has 0 aliphatic carbocycles. The molecule has 4 heteroatoms. The van der Waals surface area contributed by atoms with Crippen LogP contribution in [-0.4, -0.2) is 30.1 Å². The zero-order valence-electron chi connectivity index (χ0n) is 10.2. The maximum atomic E-state index is 11.2. The molecular formula is C14H18O4. The highest BCUT2D eigenvalue weighted by molar-refractivity contribution is 5.72. The van der Waals surface area contributed by atoms with E-state index in [0.717, 1.165) is 24.8 Å². The first-order valence-corrected chi connectivity index (χ1v) is 6.29. The van der Waals surface area contributed by atoms with Crippen molar-refractivity contribution in [3.63, 3.8) is 0 Å². The number of carbonyl (C=O) groups is 1. The van der Waals surface area contributed by atoms with Gasteiger partial charge in [-0.15, -0.1) is 0 Å². The summed E-state index contributed by atoms with van der Waals surface area (Å²) in [7, 11) is 0. The molecule has 18 heavy (non-hydrogen) atoms. The lowest BCUT2D eigenvalue weighted by Crippen LogP contribution is -2.34. The Morgan fingerprint density at radius 2 is 2.17 bits per heavy atom. The SMILES string of the molecule is O=C(O)[C@@H](Cc1ccccc1)OC1CCCCO1. The smallest absolute Gasteiger partial charge is 0.333 e. The van der Waals surface area contributed by atoms with Crippen molar-refractivity contribution in [2.24, 2.45) is 0 Å². The number of hydrogen-bond acceptors (Lipinski definition) is 3. The van der Waals surface area contributed by atoms with Gasteiger partial charge in [-0.25, -0.2) is 4.79 Å². The Balaban J connectivity index is 1.93. The second-order valence-corrected chi connectivity index (χ2v) is 4.45. The van der Waals surface area contributed by atoms with E-state index in [0.29, 0.717) is 13.0 Å². The molecule has 0 spiro atoms. The van der Waals surface area contributed by atoms with Crippen LogP contribution in [-0.2, 0) is 20.7 Å². The lowest BCUT2D eigenvalue weighted by molar-refractivity contribution is -0.200. The van der Waals surface area contributed by atoms with Gasteiger partial charge in [0.2, 0.25) is 0 Å². The van der Waals surface area contributed by atoms with Gasteiger partial charge in [-0.2, -0.15) is 0 Å². The largest absolute Gasteiger partial charge is 0.479 e. The molecule has 1 N–H and O–H groups in total. The quantitative estimate of drug-likeness (QED) is 0.870. The normalized spacial score (nSPS) is 21.4. The summed E-state index contributed by atoms with van der Waals surface area (Å²) < 4.78 is 10.9. The minimum atomic E-state index is -0.937. The molecule has 0 bridgehead atoms. The minimum absolute atomic E-state index is 0.371. The van der Waals surface area contributed by atoms with Gasteiger partial charge in [-0.3, -0.25) is 0 Å². The van der Waals surface area contributed by atoms with E-state index in [1.54, 1.807) is 0 Å². The summed E-state index contributed by atoms with van der Waals surface area (Å²) >= 11 is 0. The number of hydrogen-bond donors (Lipinski definition) is 1. The van der Waals surface area contributed by atoms with Crippen LogP contribution in [0.4, 0.5) is 0 Å². The molecule has 4 nitrogen and oxygen atoms in total. The Labute approximate surface area is 107 Å². The standard InChI is InChI=1S/C14H18O4/c15-14(16)12(10-11-6-2-1-3-7-11)18-13-8-4-5-9-17-13/h1-3,6-7,12-13H,4-5,8-10H2,(H,15,16)/t12-,13?/m1/s1. The van der Waals surface area contributed by atoms with Gasteiger partial charge in [0, 0.05) is 13.0 Å². The predicted octanol–water partition coefficient (Wildman–Crippen LogP) is 2.23. The summed E-state index contributed by atoms with van der Waals surface area (Å²) in [6.07, 6.45) is 1.99. The van der Waals surface area contributed by atoms with Crippen molar-refractivity contribution < 1.29 is 19.4 Å². The minimum Gasteiger partial charge on any atom is -0.479 e. The van der Waals surface area contributed by atoms with Gasteiger partial charge in [-0.05, 0) is 24.8 Å².